The molecular formula is C16H25NO2S. The second-order valence-corrected chi connectivity index (χ2v) is 7.75. The third-order valence-electron chi connectivity index (χ3n) is 5.24. The molecule has 1 amide bonds. The first-order chi connectivity index (χ1) is 9.75. The summed E-state index contributed by atoms with van der Waals surface area (Å²) in [6.45, 7) is 0.884. The van der Waals surface area contributed by atoms with Crippen molar-refractivity contribution in [1.82, 2.24) is 4.90 Å². The van der Waals surface area contributed by atoms with E-state index in [0.717, 1.165) is 45.1 Å². The lowest BCUT2D eigenvalue weighted by molar-refractivity contribution is -0.135. The fraction of sp³-hybridized carbons (Fsp3) is 0.875. The molecule has 3 nitrogen and oxygen atoms in total. The summed E-state index contributed by atoms with van der Waals surface area (Å²) in [6.07, 6.45) is 8.01. The average molecular weight is 295 g/mol. The minimum Gasteiger partial charge on any atom is -0.339 e. The Morgan fingerprint density at radius 1 is 1.15 bits per heavy atom. The zero-order valence-electron chi connectivity index (χ0n) is 12.2. The molecule has 2 atom stereocenters. The molecule has 2 heterocycles. The van der Waals surface area contributed by atoms with Gasteiger partial charge in [0.1, 0.15) is 5.78 Å². The van der Waals surface area contributed by atoms with E-state index in [4.69, 9.17) is 0 Å². The summed E-state index contributed by atoms with van der Waals surface area (Å²) in [7, 11) is 0. The molecule has 1 aliphatic carbocycles. The van der Waals surface area contributed by atoms with E-state index < -0.39 is 0 Å². The maximum absolute atomic E-state index is 12.6. The molecular weight excluding hydrogens is 270 g/mol. The van der Waals surface area contributed by atoms with E-state index in [1.54, 1.807) is 0 Å². The van der Waals surface area contributed by atoms with E-state index in [2.05, 4.69) is 4.90 Å². The first-order valence-electron chi connectivity index (χ1n) is 8.15. The highest BCUT2D eigenvalue weighted by molar-refractivity contribution is 7.99. The van der Waals surface area contributed by atoms with Crippen molar-refractivity contribution in [2.24, 2.45) is 11.8 Å². The number of Topliss-reactive ketones (excluding diaryl/α,β-unsaturated/α-hetero) is 1. The van der Waals surface area contributed by atoms with Crippen molar-refractivity contribution in [2.45, 2.75) is 57.4 Å². The largest absolute Gasteiger partial charge is 0.339 e. The highest BCUT2D eigenvalue weighted by Crippen LogP contribution is 2.34. The van der Waals surface area contributed by atoms with E-state index in [9.17, 15) is 9.59 Å². The van der Waals surface area contributed by atoms with Crippen LogP contribution < -0.4 is 0 Å². The highest BCUT2D eigenvalue weighted by atomic mass is 32.2. The van der Waals surface area contributed by atoms with Gasteiger partial charge in [-0.3, -0.25) is 9.59 Å². The van der Waals surface area contributed by atoms with Crippen LogP contribution in [0.5, 0.6) is 0 Å². The second-order valence-electron chi connectivity index (χ2n) is 6.52. The smallest absolute Gasteiger partial charge is 0.223 e. The molecule has 2 saturated heterocycles. The van der Waals surface area contributed by atoms with Gasteiger partial charge in [0.05, 0.1) is 0 Å². The van der Waals surface area contributed by atoms with E-state index >= 15 is 0 Å². The van der Waals surface area contributed by atoms with E-state index in [0.29, 0.717) is 17.6 Å². The predicted octanol–water partition coefficient (Wildman–Crippen LogP) is 2.88. The van der Waals surface area contributed by atoms with Crippen LogP contribution in [0.1, 0.15) is 51.4 Å². The molecule has 2 aliphatic heterocycles. The summed E-state index contributed by atoms with van der Waals surface area (Å²) in [5.41, 5.74) is 0. The molecule has 2 unspecified atom stereocenters. The number of hydrogen-bond donors (Lipinski definition) is 0. The molecule has 3 fully saturated rings. The lowest BCUT2D eigenvalue weighted by Gasteiger charge is -2.30. The lowest BCUT2D eigenvalue weighted by Crippen LogP contribution is -2.42. The van der Waals surface area contributed by atoms with E-state index in [1.165, 1.54) is 24.3 Å². The molecule has 0 spiro atoms. The minimum absolute atomic E-state index is 0.156. The molecule has 0 aromatic heterocycles. The van der Waals surface area contributed by atoms with Gasteiger partial charge in [-0.15, -0.1) is 0 Å². The third-order valence-corrected chi connectivity index (χ3v) is 6.29. The van der Waals surface area contributed by atoms with Crippen molar-refractivity contribution in [3.05, 3.63) is 0 Å². The van der Waals surface area contributed by atoms with Gasteiger partial charge in [0.15, 0.2) is 0 Å². The van der Waals surface area contributed by atoms with Gasteiger partial charge in [0, 0.05) is 31.3 Å². The Kier molecular flexibility index (Phi) is 4.69. The first kappa shape index (κ1) is 14.4. The van der Waals surface area contributed by atoms with E-state index in [1.807, 2.05) is 11.8 Å². The molecule has 0 aromatic rings. The standard InChI is InChI=1S/C16H25NO2S/c18-15-5-1-3-13(15)14-4-2-8-17(14)16(19)11-12-6-9-20-10-7-12/h12-14H,1-11H2. The van der Waals surface area contributed by atoms with Crippen LogP contribution in [0.2, 0.25) is 0 Å². The molecule has 1 saturated carbocycles. The number of nitrogens with zero attached hydrogens (tertiary/aromatic N) is 1. The summed E-state index contributed by atoms with van der Waals surface area (Å²) in [6, 6.07) is 0.232. The molecule has 3 rings (SSSR count). The van der Waals surface area contributed by atoms with Crippen LogP contribution in [0.25, 0.3) is 0 Å². The quantitative estimate of drug-likeness (QED) is 0.803. The van der Waals surface area contributed by atoms with Crippen LogP contribution in [0, 0.1) is 11.8 Å². The van der Waals surface area contributed by atoms with Crippen LogP contribution in [-0.2, 0) is 9.59 Å². The SMILES string of the molecule is O=C1CCCC1C1CCCN1C(=O)CC1CCSCC1. The minimum atomic E-state index is 0.156. The molecule has 3 aliphatic rings. The van der Waals surface area contributed by atoms with Gasteiger partial charge in [-0.2, -0.15) is 11.8 Å². The van der Waals surface area contributed by atoms with Crippen molar-refractivity contribution in [3.63, 3.8) is 0 Å². The van der Waals surface area contributed by atoms with Crippen LogP contribution in [0.3, 0.4) is 0 Å². The summed E-state index contributed by atoms with van der Waals surface area (Å²) >= 11 is 2.01. The molecule has 20 heavy (non-hydrogen) atoms. The van der Waals surface area contributed by atoms with Crippen LogP contribution in [-0.4, -0.2) is 40.7 Å². The van der Waals surface area contributed by atoms with Gasteiger partial charge in [-0.25, -0.2) is 0 Å². The van der Waals surface area contributed by atoms with Crippen molar-refractivity contribution >= 4 is 23.5 Å². The second kappa shape index (κ2) is 6.50. The van der Waals surface area contributed by atoms with Gasteiger partial charge in [0.2, 0.25) is 5.91 Å². The fourth-order valence-electron chi connectivity index (χ4n) is 4.08. The Morgan fingerprint density at radius 2 is 1.95 bits per heavy atom. The van der Waals surface area contributed by atoms with Crippen molar-refractivity contribution in [1.29, 1.82) is 0 Å². The number of thioether (sulfide) groups is 1. The highest BCUT2D eigenvalue weighted by Gasteiger charge is 2.40. The van der Waals surface area contributed by atoms with Gasteiger partial charge < -0.3 is 4.90 Å². The maximum atomic E-state index is 12.6. The number of carbonyl (C=O) groups is 2. The predicted molar refractivity (Wildman–Crippen MR) is 81.7 cm³/mol. The number of ketones is 1. The Hall–Kier alpha value is -0.510. The monoisotopic (exact) mass is 295 g/mol. The summed E-state index contributed by atoms with van der Waals surface area (Å²) in [5, 5.41) is 0. The number of amides is 1. The molecule has 112 valence electrons. The third kappa shape index (κ3) is 3.05. The molecule has 4 heteroatoms. The number of carbonyl (C=O) groups excluding carboxylic acids is 2. The van der Waals surface area contributed by atoms with Crippen molar-refractivity contribution in [2.75, 3.05) is 18.1 Å². The number of likely N-dealkylation sites (tertiary alicyclic amines) is 1. The Bertz CT molecular complexity index is 379. The normalized spacial score (nSPS) is 32.0. The topological polar surface area (TPSA) is 37.4 Å². The van der Waals surface area contributed by atoms with Gasteiger partial charge >= 0.3 is 0 Å². The average Bonchev–Trinajstić information content (AvgIpc) is 3.07. The summed E-state index contributed by atoms with van der Waals surface area (Å²) in [4.78, 5) is 26.6. The van der Waals surface area contributed by atoms with Crippen LogP contribution >= 0.6 is 11.8 Å². The first-order valence-corrected chi connectivity index (χ1v) is 9.31. The summed E-state index contributed by atoms with van der Waals surface area (Å²) < 4.78 is 0. The zero-order valence-corrected chi connectivity index (χ0v) is 13.0. The Morgan fingerprint density at radius 3 is 2.65 bits per heavy atom. The fourth-order valence-corrected chi connectivity index (χ4v) is 5.29. The summed E-state index contributed by atoms with van der Waals surface area (Å²) in [5.74, 6) is 3.89. The van der Waals surface area contributed by atoms with E-state index in [-0.39, 0.29) is 12.0 Å². The van der Waals surface area contributed by atoms with Crippen molar-refractivity contribution in [3.8, 4) is 0 Å². The molecule has 0 bridgehead atoms. The van der Waals surface area contributed by atoms with Gasteiger partial charge in [-0.05, 0) is 55.9 Å². The molecule has 0 aromatic carbocycles. The Labute approximate surface area is 125 Å². The van der Waals surface area contributed by atoms with Crippen LogP contribution in [0.4, 0.5) is 0 Å². The lowest BCUT2D eigenvalue weighted by atomic mass is 9.93. The molecule has 0 radical (unpaired) electrons. The Balaban J connectivity index is 1.59. The van der Waals surface area contributed by atoms with Gasteiger partial charge in [-0.1, -0.05) is 0 Å². The van der Waals surface area contributed by atoms with Crippen LogP contribution in [0.15, 0.2) is 0 Å². The maximum Gasteiger partial charge on any atom is 0.223 e. The van der Waals surface area contributed by atoms with Gasteiger partial charge in [0.25, 0.3) is 0 Å². The number of hydrogen-bond acceptors (Lipinski definition) is 3. The zero-order chi connectivity index (χ0) is 13.9. The molecule has 0 N–H and O–H groups in total. The van der Waals surface area contributed by atoms with Crippen molar-refractivity contribution < 1.29 is 9.59 Å². The number of rotatable bonds is 3.